The number of sulfonamides is 1. The summed E-state index contributed by atoms with van der Waals surface area (Å²) >= 11 is 1.65. The summed E-state index contributed by atoms with van der Waals surface area (Å²) in [4.78, 5) is -0.0358. The molecule has 1 aromatic carbocycles. The minimum absolute atomic E-state index is 0.0358. The molecule has 0 bridgehead atoms. The number of hydrogen-bond acceptors (Lipinski definition) is 4. The van der Waals surface area contributed by atoms with E-state index in [2.05, 4.69) is 4.72 Å². The highest BCUT2D eigenvalue weighted by Crippen LogP contribution is 2.21. The van der Waals surface area contributed by atoms with Crippen LogP contribution in [0.15, 0.2) is 17.0 Å². The van der Waals surface area contributed by atoms with Crippen LogP contribution in [0.5, 0.6) is 0 Å². The third-order valence-electron chi connectivity index (χ3n) is 2.81. The Kier molecular flexibility index (Phi) is 6.44. The summed E-state index contributed by atoms with van der Waals surface area (Å²) in [6.45, 7) is 5.35. The molecule has 0 aliphatic heterocycles. The second-order valence-corrected chi connectivity index (χ2v) is 7.59. The fraction of sp³-hybridized carbons (Fsp3) is 0.538. The standard InChI is InChI=1S/C13H21FN2O2S2/c1-4-19-8-9(2)16-20(17,18)13-6-11(7-15)5-12(14)10(13)3/h5-6,9,16H,4,7-8,15H2,1-3H3. The average molecular weight is 320 g/mol. The topological polar surface area (TPSA) is 72.2 Å². The SMILES string of the molecule is CCSCC(C)NS(=O)(=O)c1cc(CN)cc(F)c1C. The number of halogens is 1. The van der Waals surface area contributed by atoms with Gasteiger partial charge in [0.1, 0.15) is 5.82 Å². The van der Waals surface area contributed by atoms with Crippen molar-refractivity contribution < 1.29 is 12.8 Å². The van der Waals surface area contributed by atoms with E-state index in [0.717, 1.165) is 5.75 Å². The van der Waals surface area contributed by atoms with Crippen molar-refractivity contribution in [1.29, 1.82) is 0 Å². The largest absolute Gasteiger partial charge is 0.326 e. The molecule has 3 N–H and O–H groups in total. The molecule has 20 heavy (non-hydrogen) atoms. The molecule has 0 saturated carbocycles. The van der Waals surface area contributed by atoms with Gasteiger partial charge in [0, 0.05) is 23.9 Å². The van der Waals surface area contributed by atoms with Crippen LogP contribution in [0.25, 0.3) is 0 Å². The zero-order valence-electron chi connectivity index (χ0n) is 11.9. The molecule has 0 aromatic heterocycles. The first-order chi connectivity index (χ1) is 9.31. The van der Waals surface area contributed by atoms with Crippen molar-refractivity contribution in [2.45, 2.75) is 38.3 Å². The predicted octanol–water partition coefficient (Wildman–Crippen LogP) is 2.01. The Morgan fingerprint density at radius 3 is 2.65 bits per heavy atom. The van der Waals surface area contributed by atoms with Crippen molar-refractivity contribution in [3.8, 4) is 0 Å². The van der Waals surface area contributed by atoms with E-state index in [4.69, 9.17) is 5.73 Å². The van der Waals surface area contributed by atoms with Gasteiger partial charge in [-0.15, -0.1) is 0 Å². The third kappa shape index (κ3) is 4.44. The molecule has 4 nitrogen and oxygen atoms in total. The number of rotatable bonds is 7. The molecule has 7 heteroatoms. The van der Waals surface area contributed by atoms with Gasteiger partial charge in [0.25, 0.3) is 0 Å². The van der Waals surface area contributed by atoms with E-state index in [1.54, 1.807) is 18.7 Å². The minimum atomic E-state index is -3.73. The van der Waals surface area contributed by atoms with Gasteiger partial charge in [0.15, 0.2) is 0 Å². The molecule has 0 fully saturated rings. The Hall–Kier alpha value is -0.630. The van der Waals surface area contributed by atoms with Crippen LogP contribution < -0.4 is 10.5 Å². The number of benzene rings is 1. The molecule has 1 atom stereocenters. The van der Waals surface area contributed by atoms with Crippen LogP contribution in [-0.4, -0.2) is 26.0 Å². The normalized spacial score (nSPS) is 13.4. The first-order valence-electron chi connectivity index (χ1n) is 6.41. The monoisotopic (exact) mass is 320 g/mol. The molecule has 0 aliphatic carbocycles. The summed E-state index contributed by atoms with van der Waals surface area (Å²) < 4.78 is 41.0. The molecule has 1 unspecified atom stereocenters. The Morgan fingerprint density at radius 2 is 2.10 bits per heavy atom. The zero-order chi connectivity index (χ0) is 15.3. The fourth-order valence-electron chi connectivity index (χ4n) is 1.76. The predicted molar refractivity (Wildman–Crippen MR) is 81.8 cm³/mol. The van der Waals surface area contributed by atoms with Gasteiger partial charge in [-0.3, -0.25) is 0 Å². The molecule has 0 radical (unpaired) electrons. The molecule has 1 rings (SSSR count). The molecule has 1 aromatic rings. The van der Waals surface area contributed by atoms with Crippen molar-refractivity contribution in [3.63, 3.8) is 0 Å². The summed E-state index contributed by atoms with van der Waals surface area (Å²) in [6.07, 6.45) is 0. The number of hydrogen-bond donors (Lipinski definition) is 2. The molecule has 0 saturated heterocycles. The first kappa shape index (κ1) is 17.4. The maximum absolute atomic E-state index is 13.7. The maximum atomic E-state index is 13.7. The van der Waals surface area contributed by atoms with E-state index >= 15 is 0 Å². The van der Waals surface area contributed by atoms with Crippen LogP contribution in [0.1, 0.15) is 25.0 Å². The van der Waals surface area contributed by atoms with Gasteiger partial charge in [-0.05, 0) is 37.3 Å². The van der Waals surface area contributed by atoms with E-state index in [-0.39, 0.29) is 23.0 Å². The van der Waals surface area contributed by atoms with Gasteiger partial charge >= 0.3 is 0 Å². The molecular weight excluding hydrogens is 299 g/mol. The average Bonchev–Trinajstić information content (AvgIpc) is 2.38. The van der Waals surface area contributed by atoms with Gasteiger partial charge < -0.3 is 5.73 Å². The molecule has 114 valence electrons. The van der Waals surface area contributed by atoms with Gasteiger partial charge in [-0.2, -0.15) is 11.8 Å². The third-order valence-corrected chi connectivity index (χ3v) is 5.67. The number of thioether (sulfide) groups is 1. The van der Waals surface area contributed by atoms with Gasteiger partial charge in [0.2, 0.25) is 10.0 Å². The fourth-order valence-corrected chi connectivity index (χ4v) is 4.09. The zero-order valence-corrected chi connectivity index (χ0v) is 13.6. The van der Waals surface area contributed by atoms with Crippen molar-refractivity contribution in [2.24, 2.45) is 5.73 Å². The summed E-state index contributed by atoms with van der Waals surface area (Å²) in [6, 6.07) is 2.49. The van der Waals surface area contributed by atoms with Gasteiger partial charge in [-0.1, -0.05) is 6.92 Å². The van der Waals surface area contributed by atoms with Crippen LogP contribution in [0.3, 0.4) is 0 Å². The van der Waals surface area contributed by atoms with E-state index in [1.165, 1.54) is 19.1 Å². The lowest BCUT2D eigenvalue weighted by molar-refractivity contribution is 0.564. The van der Waals surface area contributed by atoms with Crippen LogP contribution in [0.4, 0.5) is 4.39 Å². The lowest BCUT2D eigenvalue weighted by atomic mass is 10.1. The molecule has 0 amide bonds. The Bertz CT molecular complexity index is 562. The minimum Gasteiger partial charge on any atom is -0.326 e. The molecule has 0 spiro atoms. The maximum Gasteiger partial charge on any atom is 0.241 e. The van der Waals surface area contributed by atoms with E-state index < -0.39 is 15.8 Å². The van der Waals surface area contributed by atoms with Crippen LogP contribution in [-0.2, 0) is 16.6 Å². The number of nitrogens with one attached hydrogen (secondary N) is 1. The van der Waals surface area contributed by atoms with Crippen LogP contribution in [0.2, 0.25) is 0 Å². The highest BCUT2D eigenvalue weighted by atomic mass is 32.2. The van der Waals surface area contributed by atoms with Crippen LogP contribution in [0, 0.1) is 12.7 Å². The van der Waals surface area contributed by atoms with E-state index in [0.29, 0.717) is 11.3 Å². The molecular formula is C13H21FN2O2S2. The quantitative estimate of drug-likeness (QED) is 0.806. The number of nitrogens with two attached hydrogens (primary N) is 1. The molecule has 0 heterocycles. The van der Waals surface area contributed by atoms with Crippen molar-refractivity contribution in [2.75, 3.05) is 11.5 Å². The Balaban J connectivity index is 3.06. The highest BCUT2D eigenvalue weighted by molar-refractivity contribution is 7.99. The second-order valence-electron chi connectivity index (χ2n) is 4.59. The lowest BCUT2D eigenvalue weighted by Crippen LogP contribution is -2.35. The summed E-state index contributed by atoms with van der Waals surface area (Å²) in [7, 11) is -3.73. The lowest BCUT2D eigenvalue weighted by Gasteiger charge is -2.16. The second kappa shape index (κ2) is 7.40. The Labute approximate surface area is 124 Å². The van der Waals surface area contributed by atoms with Gasteiger partial charge in [-0.25, -0.2) is 17.5 Å². The first-order valence-corrected chi connectivity index (χ1v) is 9.04. The highest BCUT2D eigenvalue weighted by Gasteiger charge is 2.22. The van der Waals surface area contributed by atoms with E-state index in [1.807, 2.05) is 6.92 Å². The molecule has 0 aliphatic rings. The van der Waals surface area contributed by atoms with Crippen LogP contribution >= 0.6 is 11.8 Å². The van der Waals surface area contributed by atoms with Crippen molar-refractivity contribution >= 4 is 21.8 Å². The smallest absolute Gasteiger partial charge is 0.241 e. The summed E-state index contributed by atoms with van der Waals surface area (Å²) in [5.74, 6) is 1.04. The Morgan fingerprint density at radius 1 is 1.45 bits per heavy atom. The summed E-state index contributed by atoms with van der Waals surface area (Å²) in [5, 5.41) is 0. The van der Waals surface area contributed by atoms with Gasteiger partial charge in [0.05, 0.1) is 4.90 Å². The van der Waals surface area contributed by atoms with Crippen molar-refractivity contribution in [3.05, 3.63) is 29.1 Å². The van der Waals surface area contributed by atoms with Crippen molar-refractivity contribution in [1.82, 2.24) is 4.72 Å². The van der Waals surface area contributed by atoms with E-state index in [9.17, 15) is 12.8 Å². The summed E-state index contributed by atoms with van der Waals surface area (Å²) in [5.41, 5.74) is 6.04.